The minimum absolute atomic E-state index is 0.238. The van der Waals surface area contributed by atoms with Crippen LogP contribution in [0.3, 0.4) is 0 Å². The Balaban J connectivity index is 2.40. The minimum atomic E-state index is -0.469. The summed E-state index contributed by atoms with van der Waals surface area (Å²) in [5.41, 5.74) is 0.915. The molecule has 0 radical (unpaired) electrons. The van der Waals surface area contributed by atoms with Crippen molar-refractivity contribution in [2.45, 2.75) is 6.92 Å². The Morgan fingerprint density at radius 3 is 2.69 bits per heavy atom. The average Bonchev–Trinajstić information content (AvgIpc) is 2.50. The van der Waals surface area contributed by atoms with Gasteiger partial charge in [0.05, 0.1) is 0 Å². The van der Waals surface area contributed by atoms with Crippen molar-refractivity contribution >= 4 is 41.1 Å². The number of halogens is 2. The topological polar surface area (TPSA) is 38.7 Å². The number of hydrogen-bond donors (Lipinski definition) is 0. The lowest BCUT2D eigenvalue weighted by Gasteiger charge is -1.98. The van der Waals surface area contributed by atoms with E-state index in [1.807, 2.05) is 0 Å². The highest BCUT2D eigenvalue weighted by molar-refractivity contribution is 6.35. The van der Waals surface area contributed by atoms with Crippen LogP contribution in [0, 0.1) is 0 Å². The van der Waals surface area contributed by atoms with Crippen LogP contribution in [-0.4, -0.2) is 11.9 Å². The number of carbonyl (C=O) groups excluding carboxylic acids is 1. The van der Waals surface area contributed by atoms with E-state index in [2.05, 4.69) is 4.99 Å². The molecule has 3 nitrogen and oxygen atoms in total. The van der Waals surface area contributed by atoms with E-state index in [0.717, 1.165) is 0 Å². The molecule has 1 aromatic rings. The van der Waals surface area contributed by atoms with Gasteiger partial charge in [0, 0.05) is 17.0 Å². The summed E-state index contributed by atoms with van der Waals surface area (Å²) < 4.78 is 4.78. The van der Waals surface area contributed by atoms with Gasteiger partial charge in [0.15, 0.2) is 11.6 Å². The third kappa shape index (κ3) is 2.26. The van der Waals surface area contributed by atoms with Crippen LogP contribution < -0.4 is 0 Å². The monoisotopic (exact) mass is 255 g/mol. The number of esters is 1. The maximum absolute atomic E-state index is 11.3. The molecule has 0 unspecified atom stereocenters. The molecule has 0 atom stereocenters. The van der Waals surface area contributed by atoms with E-state index >= 15 is 0 Å². The first-order valence-electron chi connectivity index (χ1n) is 4.50. The summed E-state index contributed by atoms with van der Waals surface area (Å²) in [6, 6.07) is 5.01. The van der Waals surface area contributed by atoms with Crippen molar-refractivity contribution in [3.63, 3.8) is 0 Å². The third-order valence-corrected chi connectivity index (χ3v) is 2.54. The zero-order valence-corrected chi connectivity index (χ0v) is 9.84. The molecule has 2 rings (SSSR count). The van der Waals surface area contributed by atoms with Crippen molar-refractivity contribution in [2.75, 3.05) is 0 Å². The molecular formula is C11H7Cl2NO2. The number of aliphatic imine (C=N–C) groups is 1. The van der Waals surface area contributed by atoms with Crippen molar-refractivity contribution in [1.82, 2.24) is 0 Å². The Morgan fingerprint density at radius 1 is 1.38 bits per heavy atom. The number of hydrogen-bond acceptors (Lipinski definition) is 3. The Hall–Kier alpha value is -1.32. The molecule has 1 aliphatic heterocycles. The van der Waals surface area contributed by atoms with Crippen LogP contribution in [0.5, 0.6) is 0 Å². The number of ether oxygens (including phenoxy) is 1. The average molecular weight is 256 g/mol. The maximum atomic E-state index is 11.3. The van der Waals surface area contributed by atoms with Crippen LogP contribution in [0.15, 0.2) is 28.9 Å². The largest absolute Gasteiger partial charge is 0.407 e. The van der Waals surface area contributed by atoms with Gasteiger partial charge in [-0.05, 0) is 23.8 Å². The second kappa shape index (κ2) is 4.28. The van der Waals surface area contributed by atoms with Gasteiger partial charge in [-0.2, -0.15) is 0 Å². The van der Waals surface area contributed by atoms with Gasteiger partial charge in [-0.3, -0.25) is 0 Å². The summed E-state index contributed by atoms with van der Waals surface area (Å²) >= 11 is 11.7. The standard InChI is InChI=1S/C11H7Cl2NO2/c1-6-14-10(11(15)16-6)4-7-2-3-8(12)5-9(7)13/h2-5H,1H3/b10-4+. The first-order valence-corrected chi connectivity index (χ1v) is 5.26. The van der Waals surface area contributed by atoms with Crippen LogP contribution in [0.25, 0.3) is 6.08 Å². The molecule has 0 aromatic heterocycles. The fourth-order valence-electron chi connectivity index (χ4n) is 1.28. The first-order chi connectivity index (χ1) is 7.56. The summed E-state index contributed by atoms with van der Waals surface area (Å²) in [4.78, 5) is 15.2. The molecule has 0 fully saturated rings. The summed E-state index contributed by atoms with van der Waals surface area (Å²) in [6.07, 6.45) is 1.57. The number of benzene rings is 1. The van der Waals surface area contributed by atoms with E-state index in [0.29, 0.717) is 21.5 Å². The van der Waals surface area contributed by atoms with Crippen LogP contribution in [0.2, 0.25) is 10.0 Å². The summed E-state index contributed by atoms with van der Waals surface area (Å²) in [7, 11) is 0. The van der Waals surface area contributed by atoms with Crippen LogP contribution in [-0.2, 0) is 9.53 Å². The summed E-state index contributed by atoms with van der Waals surface area (Å²) in [6.45, 7) is 1.61. The van der Waals surface area contributed by atoms with Crippen molar-refractivity contribution < 1.29 is 9.53 Å². The smallest absolute Gasteiger partial charge is 0.363 e. The molecule has 16 heavy (non-hydrogen) atoms. The van der Waals surface area contributed by atoms with Gasteiger partial charge in [-0.25, -0.2) is 9.79 Å². The molecule has 0 bridgehead atoms. The zero-order chi connectivity index (χ0) is 11.7. The van der Waals surface area contributed by atoms with E-state index < -0.39 is 5.97 Å². The molecule has 1 heterocycles. The number of cyclic esters (lactones) is 1. The highest BCUT2D eigenvalue weighted by Gasteiger charge is 2.19. The summed E-state index contributed by atoms with van der Waals surface area (Å²) in [5, 5.41) is 1.01. The van der Waals surface area contributed by atoms with Gasteiger partial charge >= 0.3 is 5.97 Å². The fraction of sp³-hybridized carbons (Fsp3) is 0.0909. The van der Waals surface area contributed by atoms with Crippen molar-refractivity contribution in [2.24, 2.45) is 4.99 Å². The van der Waals surface area contributed by atoms with Crippen LogP contribution >= 0.6 is 23.2 Å². The van der Waals surface area contributed by atoms with Gasteiger partial charge in [0.25, 0.3) is 0 Å². The van der Waals surface area contributed by atoms with Crippen molar-refractivity contribution in [3.8, 4) is 0 Å². The summed E-state index contributed by atoms with van der Waals surface area (Å²) in [5.74, 6) is -0.134. The third-order valence-electron chi connectivity index (χ3n) is 1.98. The molecule has 1 aromatic carbocycles. The highest BCUT2D eigenvalue weighted by atomic mass is 35.5. The molecular weight excluding hydrogens is 249 g/mol. The van der Waals surface area contributed by atoms with E-state index in [4.69, 9.17) is 27.9 Å². The van der Waals surface area contributed by atoms with E-state index in [-0.39, 0.29) is 5.70 Å². The van der Waals surface area contributed by atoms with Crippen molar-refractivity contribution in [3.05, 3.63) is 39.5 Å². The Bertz CT molecular complexity index is 521. The predicted molar refractivity (Wildman–Crippen MR) is 63.6 cm³/mol. The Labute approximate surface area is 102 Å². The molecule has 0 saturated heterocycles. The van der Waals surface area contributed by atoms with Crippen LogP contribution in [0.4, 0.5) is 0 Å². The molecule has 82 valence electrons. The van der Waals surface area contributed by atoms with Gasteiger partial charge in [0.1, 0.15) is 0 Å². The molecule has 0 spiro atoms. The minimum Gasteiger partial charge on any atom is -0.407 e. The number of carbonyl (C=O) groups is 1. The normalized spacial score (nSPS) is 17.6. The van der Waals surface area contributed by atoms with Gasteiger partial charge in [0.2, 0.25) is 0 Å². The number of rotatable bonds is 1. The molecule has 0 aliphatic carbocycles. The Morgan fingerprint density at radius 2 is 2.12 bits per heavy atom. The molecule has 5 heteroatoms. The van der Waals surface area contributed by atoms with E-state index in [9.17, 15) is 4.79 Å². The highest BCUT2D eigenvalue weighted by Crippen LogP contribution is 2.24. The molecule has 0 saturated carbocycles. The van der Waals surface area contributed by atoms with Gasteiger partial charge in [-0.1, -0.05) is 29.3 Å². The molecule has 0 N–H and O–H groups in total. The van der Waals surface area contributed by atoms with Crippen molar-refractivity contribution in [1.29, 1.82) is 0 Å². The molecule has 0 amide bonds. The zero-order valence-electron chi connectivity index (χ0n) is 8.33. The lowest BCUT2D eigenvalue weighted by Crippen LogP contribution is -1.99. The SMILES string of the molecule is CC1=N/C(=C/c2ccc(Cl)cc2Cl)C(=O)O1. The van der Waals surface area contributed by atoms with Gasteiger partial charge < -0.3 is 4.74 Å². The lowest BCUT2D eigenvalue weighted by molar-refractivity contribution is -0.130. The maximum Gasteiger partial charge on any atom is 0.363 e. The van der Waals surface area contributed by atoms with Crippen LogP contribution in [0.1, 0.15) is 12.5 Å². The number of nitrogens with zero attached hydrogens (tertiary/aromatic N) is 1. The quantitative estimate of drug-likeness (QED) is 0.571. The second-order valence-electron chi connectivity index (χ2n) is 3.22. The second-order valence-corrected chi connectivity index (χ2v) is 4.06. The fourth-order valence-corrected chi connectivity index (χ4v) is 1.74. The molecule has 1 aliphatic rings. The first kappa shape index (κ1) is 11.2. The van der Waals surface area contributed by atoms with Gasteiger partial charge in [-0.15, -0.1) is 0 Å². The lowest BCUT2D eigenvalue weighted by atomic mass is 10.2. The Kier molecular flexibility index (Phi) is 2.99. The van der Waals surface area contributed by atoms with E-state index in [1.54, 1.807) is 31.2 Å². The van der Waals surface area contributed by atoms with E-state index in [1.165, 1.54) is 0 Å². The predicted octanol–water partition coefficient (Wildman–Crippen LogP) is 3.31.